The number of likely N-dealkylation sites (tertiary alicyclic amines) is 1. The van der Waals surface area contributed by atoms with Crippen LogP contribution in [-0.2, 0) is 30.3 Å². The van der Waals surface area contributed by atoms with E-state index in [-0.39, 0.29) is 75.5 Å². The molecule has 0 spiro atoms. The fourth-order valence-electron chi connectivity index (χ4n) is 7.73. The molecule has 14 nitrogen and oxygen atoms in total. The molecule has 2 aromatic carbocycles. The summed E-state index contributed by atoms with van der Waals surface area (Å²) < 4.78 is 63.7. The molecule has 3 aliphatic rings. The molecule has 3 N–H and O–H groups in total. The Morgan fingerprint density at radius 1 is 1.12 bits per heavy atom. The lowest BCUT2D eigenvalue weighted by Gasteiger charge is -2.46. The van der Waals surface area contributed by atoms with Crippen molar-refractivity contribution in [3.05, 3.63) is 77.8 Å². The number of aromatic nitrogens is 2. The van der Waals surface area contributed by atoms with Crippen LogP contribution in [0.4, 0.5) is 22.8 Å². The first-order chi connectivity index (χ1) is 28.3. The summed E-state index contributed by atoms with van der Waals surface area (Å²) in [4.78, 5) is 58.8. The molecule has 320 valence electrons. The molecule has 18 heteroatoms. The number of alkyl carbamates (subject to hydrolysis) is 1. The number of thiol groups is 1. The zero-order valence-corrected chi connectivity index (χ0v) is 34.1. The van der Waals surface area contributed by atoms with E-state index < -0.39 is 58.6 Å². The third-order valence-corrected chi connectivity index (χ3v) is 11.4. The standard InChI is InChI=1S/C41H52F3N7O7S/c1-26(25-58-40(55)46-12-16-57-17-13-50-35(52)19-34(59)38(50)53)47-39(54)51(23-28-20-45-21-32(28)44)36(41(2)10-14-56-15-11-41)37-48-33(30-18-29(42)8-9-31(30)43)24-49(37)22-27-6-4-3-5-7-27/h3-9,18,24,26,28,32,34,36,45,59H,10-17,19-23,25H2,1-2H3,(H,46,55)(H,47,54). The lowest BCUT2D eigenvalue weighted by Crippen LogP contribution is -2.54. The molecule has 5 amide bonds. The van der Waals surface area contributed by atoms with Crippen LogP contribution in [0.15, 0.2) is 54.7 Å². The molecule has 5 unspecified atom stereocenters. The summed E-state index contributed by atoms with van der Waals surface area (Å²) in [5.41, 5.74) is 0.403. The molecular weight excluding hydrogens is 792 g/mol. The Kier molecular flexibility index (Phi) is 14.9. The van der Waals surface area contributed by atoms with E-state index in [2.05, 4.69) is 28.6 Å². The number of amides is 5. The van der Waals surface area contributed by atoms with Crippen LogP contribution in [0.5, 0.6) is 0 Å². The molecule has 3 saturated heterocycles. The van der Waals surface area contributed by atoms with Gasteiger partial charge in [-0.1, -0.05) is 37.3 Å². The van der Waals surface area contributed by atoms with E-state index in [0.29, 0.717) is 45.0 Å². The van der Waals surface area contributed by atoms with Crippen molar-refractivity contribution in [3.8, 4) is 11.3 Å². The van der Waals surface area contributed by atoms with Crippen molar-refractivity contribution in [3.63, 3.8) is 0 Å². The van der Waals surface area contributed by atoms with Crippen LogP contribution in [0.2, 0.25) is 0 Å². The quantitative estimate of drug-likeness (QED) is 0.0875. The number of halogens is 3. The van der Waals surface area contributed by atoms with Gasteiger partial charge in [-0.2, -0.15) is 12.6 Å². The highest BCUT2D eigenvalue weighted by molar-refractivity contribution is 7.81. The zero-order chi connectivity index (χ0) is 42.1. The van der Waals surface area contributed by atoms with Crippen LogP contribution < -0.4 is 16.0 Å². The van der Waals surface area contributed by atoms with Gasteiger partial charge in [-0.3, -0.25) is 14.5 Å². The summed E-state index contributed by atoms with van der Waals surface area (Å²) >= 11 is 4.10. The maximum atomic E-state index is 15.4. The number of hydrogen-bond donors (Lipinski definition) is 4. The first-order valence-electron chi connectivity index (χ1n) is 19.9. The predicted octanol–water partition coefficient (Wildman–Crippen LogP) is 4.49. The SMILES string of the molecule is CC(COC(=O)NCCOCCN1C(=O)CC(S)C1=O)NC(=O)N(CC1CNCC1F)C(c1nc(-c2cc(F)ccc2F)cn1Cc1ccccc1)C1(C)CCOCC1. The maximum absolute atomic E-state index is 15.4. The highest BCUT2D eigenvalue weighted by Crippen LogP contribution is 2.47. The van der Waals surface area contributed by atoms with Gasteiger partial charge in [0.05, 0.1) is 42.8 Å². The molecule has 3 aromatic rings. The van der Waals surface area contributed by atoms with Crippen molar-refractivity contribution in [1.82, 2.24) is 35.3 Å². The Labute approximate surface area is 346 Å². The molecule has 3 fully saturated rings. The van der Waals surface area contributed by atoms with Crippen LogP contribution in [0.1, 0.15) is 50.5 Å². The Bertz CT molecular complexity index is 1940. The Morgan fingerprint density at radius 2 is 1.88 bits per heavy atom. The van der Waals surface area contributed by atoms with Gasteiger partial charge < -0.3 is 39.6 Å². The monoisotopic (exact) mass is 843 g/mol. The van der Waals surface area contributed by atoms with Gasteiger partial charge in [0, 0.05) is 70.0 Å². The summed E-state index contributed by atoms with van der Waals surface area (Å²) in [5, 5.41) is 7.95. The molecule has 3 aliphatic heterocycles. The summed E-state index contributed by atoms with van der Waals surface area (Å²) in [5.74, 6) is -2.09. The molecular formula is C41H52F3N7O7S. The number of carbonyl (C=O) groups excluding carboxylic acids is 4. The minimum atomic E-state index is -1.23. The third kappa shape index (κ3) is 11.1. The first kappa shape index (κ1) is 43.9. The Morgan fingerprint density at radius 3 is 2.58 bits per heavy atom. The van der Waals surface area contributed by atoms with Gasteiger partial charge in [-0.15, -0.1) is 0 Å². The van der Waals surface area contributed by atoms with Crippen LogP contribution in [0.25, 0.3) is 11.3 Å². The summed E-state index contributed by atoms with van der Waals surface area (Å²) in [6.45, 7) is 5.47. The number of rotatable bonds is 17. The van der Waals surface area contributed by atoms with E-state index in [1.54, 1.807) is 18.0 Å². The normalized spacial score (nSPS) is 21.3. The minimum Gasteiger partial charge on any atom is -0.447 e. The molecule has 0 bridgehead atoms. The lowest BCUT2D eigenvalue weighted by molar-refractivity contribution is -0.139. The van der Waals surface area contributed by atoms with Crippen LogP contribution in [0, 0.1) is 23.0 Å². The van der Waals surface area contributed by atoms with Crippen molar-refractivity contribution < 1.29 is 46.6 Å². The number of urea groups is 1. The van der Waals surface area contributed by atoms with E-state index in [0.717, 1.165) is 28.7 Å². The van der Waals surface area contributed by atoms with Gasteiger partial charge in [0.25, 0.3) is 0 Å². The van der Waals surface area contributed by atoms with Gasteiger partial charge in [0.1, 0.15) is 30.2 Å². The molecule has 0 aliphatic carbocycles. The maximum Gasteiger partial charge on any atom is 0.407 e. The second kappa shape index (κ2) is 20.1. The number of alkyl halides is 1. The molecule has 59 heavy (non-hydrogen) atoms. The molecule has 0 radical (unpaired) electrons. The minimum absolute atomic E-state index is 0.00629. The fraction of sp³-hybridized carbons (Fsp3) is 0.537. The van der Waals surface area contributed by atoms with E-state index >= 15 is 8.78 Å². The number of imide groups is 1. The molecule has 1 aromatic heterocycles. The second-order valence-electron chi connectivity index (χ2n) is 15.6. The van der Waals surface area contributed by atoms with Crippen LogP contribution in [-0.4, -0.2) is 127 Å². The first-order valence-corrected chi connectivity index (χ1v) is 20.4. The predicted molar refractivity (Wildman–Crippen MR) is 214 cm³/mol. The fourth-order valence-corrected chi connectivity index (χ4v) is 8.02. The van der Waals surface area contributed by atoms with Gasteiger partial charge in [0.2, 0.25) is 11.8 Å². The number of nitrogens with one attached hydrogen (secondary N) is 3. The number of imidazole rings is 1. The van der Waals surface area contributed by atoms with Gasteiger partial charge in [0.15, 0.2) is 0 Å². The van der Waals surface area contributed by atoms with Crippen molar-refractivity contribution in [2.24, 2.45) is 11.3 Å². The summed E-state index contributed by atoms with van der Waals surface area (Å²) in [6, 6.07) is 10.7. The second-order valence-corrected chi connectivity index (χ2v) is 16.2. The van der Waals surface area contributed by atoms with Crippen molar-refractivity contribution in [1.29, 1.82) is 0 Å². The van der Waals surface area contributed by atoms with Gasteiger partial charge in [-0.05, 0) is 48.9 Å². The van der Waals surface area contributed by atoms with Crippen LogP contribution in [0.3, 0.4) is 0 Å². The van der Waals surface area contributed by atoms with E-state index in [1.807, 2.05) is 41.8 Å². The summed E-state index contributed by atoms with van der Waals surface area (Å²) in [6.07, 6.45) is 0.789. The van der Waals surface area contributed by atoms with E-state index in [1.165, 1.54) is 0 Å². The average Bonchev–Trinajstić information content (AvgIpc) is 3.88. The topological polar surface area (TPSA) is 156 Å². The zero-order valence-electron chi connectivity index (χ0n) is 33.2. The molecule has 0 saturated carbocycles. The molecule has 5 atom stereocenters. The van der Waals surface area contributed by atoms with E-state index in [4.69, 9.17) is 19.2 Å². The highest BCUT2D eigenvalue weighted by atomic mass is 32.1. The van der Waals surface area contributed by atoms with Gasteiger partial charge in [-0.25, -0.2) is 27.7 Å². The molecule has 6 rings (SSSR count). The Hall–Kier alpha value is -4.65. The lowest BCUT2D eigenvalue weighted by atomic mass is 9.74. The van der Waals surface area contributed by atoms with Crippen LogP contribution >= 0.6 is 12.6 Å². The Balaban J connectivity index is 1.19. The van der Waals surface area contributed by atoms with Crippen molar-refractivity contribution >= 4 is 36.6 Å². The number of hydrogen-bond acceptors (Lipinski definition) is 10. The third-order valence-electron chi connectivity index (χ3n) is 11.0. The number of benzene rings is 2. The average molecular weight is 844 g/mol. The van der Waals surface area contributed by atoms with Crippen molar-refractivity contribution in [2.45, 2.75) is 63.2 Å². The smallest absolute Gasteiger partial charge is 0.407 e. The van der Waals surface area contributed by atoms with E-state index in [9.17, 15) is 23.6 Å². The van der Waals surface area contributed by atoms with Gasteiger partial charge >= 0.3 is 12.1 Å². The number of nitrogens with zero attached hydrogens (tertiary/aromatic N) is 4. The highest BCUT2D eigenvalue weighted by Gasteiger charge is 2.47. The number of ether oxygens (including phenoxy) is 3. The summed E-state index contributed by atoms with van der Waals surface area (Å²) in [7, 11) is 0. The largest absolute Gasteiger partial charge is 0.447 e. The molecule has 4 heterocycles. The number of carbonyl (C=O) groups is 4. The van der Waals surface area contributed by atoms with Crippen molar-refractivity contribution in [2.75, 3.05) is 65.8 Å².